The molecule has 0 atom stereocenters. The van der Waals surface area contributed by atoms with Gasteiger partial charge in [0.05, 0.1) is 0 Å². The second-order valence-corrected chi connectivity index (χ2v) is 4.96. The van der Waals surface area contributed by atoms with Gasteiger partial charge in [-0.05, 0) is 35.9 Å². The summed E-state index contributed by atoms with van der Waals surface area (Å²) >= 11 is 0. The quantitative estimate of drug-likeness (QED) is 0.876. The van der Waals surface area contributed by atoms with Gasteiger partial charge >= 0.3 is 0 Å². The van der Waals surface area contributed by atoms with E-state index in [-0.39, 0.29) is 18.3 Å². The Morgan fingerprint density at radius 1 is 1.00 bits per heavy atom. The van der Waals surface area contributed by atoms with Gasteiger partial charge < -0.3 is 10.2 Å². The molecule has 106 valence electrons. The Labute approximate surface area is 125 Å². The van der Waals surface area contributed by atoms with Crippen LogP contribution in [0.2, 0.25) is 0 Å². The van der Waals surface area contributed by atoms with Gasteiger partial charge in [0.1, 0.15) is 0 Å². The number of rotatable bonds is 1. The normalized spacial score (nSPS) is 15.5. The summed E-state index contributed by atoms with van der Waals surface area (Å²) in [7, 11) is 0. The molecule has 20 heavy (non-hydrogen) atoms. The summed E-state index contributed by atoms with van der Waals surface area (Å²) in [5, 5.41) is 5.62. The lowest BCUT2D eigenvalue weighted by molar-refractivity contribution is 0.0766. The fraction of sp³-hybridized carbons (Fsp3) is 0.312. The van der Waals surface area contributed by atoms with Gasteiger partial charge in [-0.1, -0.05) is 30.3 Å². The molecule has 0 spiro atoms. The Bertz CT molecular complexity index is 592. The summed E-state index contributed by atoms with van der Waals surface area (Å²) in [6.45, 7) is 3.53. The number of nitrogens with zero attached hydrogens (tertiary/aromatic N) is 1. The fourth-order valence-electron chi connectivity index (χ4n) is 2.55. The Morgan fingerprint density at radius 3 is 2.65 bits per heavy atom. The Hall–Kier alpha value is -1.58. The van der Waals surface area contributed by atoms with Crippen molar-refractivity contribution >= 4 is 29.1 Å². The number of fused-ring (bicyclic) bond motifs is 1. The van der Waals surface area contributed by atoms with Crippen molar-refractivity contribution in [2.45, 2.75) is 6.42 Å². The maximum absolute atomic E-state index is 12.5. The maximum atomic E-state index is 12.5. The molecular weight excluding hydrogens is 272 g/mol. The molecule has 3 nitrogen and oxygen atoms in total. The molecule has 0 radical (unpaired) electrons. The summed E-state index contributed by atoms with van der Waals surface area (Å²) in [4.78, 5) is 14.4. The van der Waals surface area contributed by atoms with Crippen LogP contribution in [-0.4, -0.2) is 37.0 Å². The zero-order chi connectivity index (χ0) is 13.1. The number of benzene rings is 2. The standard InChI is InChI=1S/C16H18N2O.ClH/c19-16(18-10-3-8-17-9-11-18)15-7-6-13-4-1-2-5-14(13)12-15;/h1-2,4-7,12,17H,3,8-11H2;1H. The smallest absolute Gasteiger partial charge is 0.253 e. The van der Waals surface area contributed by atoms with Crippen molar-refractivity contribution in [1.82, 2.24) is 10.2 Å². The van der Waals surface area contributed by atoms with Gasteiger partial charge in [-0.15, -0.1) is 12.4 Å². The Balaban J connectivity index is 0.00000147. The van der Waals surface area contributed by atoms with Gasteiger partial charge in [0.25, 0.3) is 5.91 Å². The second kappa shape index (κ2) is 6.73. The first-order chi connectivity index (χ1) is 9.34. The summed E-state index contributed by atoms with van der Waals surface area (Å²) in [6, 6.07) is 14.1. The van der Waals surface area contributed by atoms with Crippen LogP contribution in [0.1, 0.15) is 16.8 Å². The molecular formula is C16H19ClN2O. The molecule has 1 fully saturated rings. The molecule has 0 aliphatic carbocycles. The highest BCUT2D eigenvalue weighted by atomic mass is 35.5. The maximum Gasteiger partial charge on any atom is 0.253 e. The van der Waals surface area contributed by atoms with Gasteiger partial charge in [0.2, 0.25) is 0 Å². The predicted octanol–water partition coefficient (Wildman–Crippen LogP) is 2.70. The van der Waals surface area contributed by atoms with Crippen LogP contribution in [0.15, 0.2) is 42.5 Å². The zero-order valence-corrected chi connectivity index (χ0v) is 12.2. The van der Waals surface area contributed by atoms with Crippen LogP contribution in [-0.2, 0) is 0 Å². The lowest BCUT2D eigenvalue weighted by Crippen LogP contribution is -2.34. The van der Waals surface area contributed by atoms with Crippen molar-refractivity contribution in [2.75, 3.05) is 26.2 Å². The topological polar surface area (TPSA) is 32.3 Å². The van der Waals surface area contributed by atoms with E-state index >= 15 is 0 Å². The summed E-state index contributed by atoms with van der Waals surface area (Å²) in [6.07, 6.45) is 1.03. The highest BCUT2D eigenvalue weighted by Crippen LogP contribution is 2.17. The molecule has 0 bridgehead atoms. The molecule has 1 heterocycles. The molecule has 1 amide bonds. The highest BCUT2D eigenvalue weighted by molar-refractivity contribution is 5.98. The van der Waals surface area contributed by atoms with Crippen LogP contribution in [0.25, 0.3) is 10.8 Å². The lowest BCUT2D eigenvalue weighted by atomic mass is 10.1. The minimum absolute atomic E-state index is 0. The first-order valence-corrected chi connectivity index (χ1v) is 6.83. The number of amides is 1. The van der Waals surface area contributed by atoms with Crippen molar-refractivity contribution < 1.29 is 4.79 Å². The minimum atomic E-state index is 0. The van der Waals surface area contributed by atoms with Gasteiger partial charge in [-0.25, -0.2) is 0 Å². The molecule has 3 rings (SSSR count). The van der Waals surface area contributed by atoms with E-state index in [0.717, 1.165) is 43.5 Å². The van der Waals surface area contributed by atoms with E-state index in [2.05, 4.69) is 17.4 Å². The van der Waals surface area contributed by atoms with E-state index in [1.807, 2.05) is 35.2 Å². The molecule has 0 aromatic heterocycles. The lowest BCUT2D eigenvalue weighted by Gasteiger charge is -2.20. The molecule has 1 N–H and O–H groups in total. The third-order valence-electron chi connectivity index (χ3n) is 3.62. The highest BCUT2D eigenvalue weighted by Gasteiger charge is 2.16. The predicted molar refractivity (Wildman–Crippen MR) is 84.6 cm³/mol. The van der Waals surface area contributed by atoms with E-state index < -0.39 is 0 Å². The molecule has 4 heteroatoms. The monoisotopic (exact) mass is 290 g/mol. The third-order valence-corrected chi connectivity index (χ3v) is 3.62. The van der Waals surface area contributed by atoms with E-state index in [4.69, 9.17) is 0 Å². The van der Waals surface area contributed by atoms with Gasteiger partial charge in [0.15, 0.2) is 0 Å². The van der Waals surface area contributed by atoms with Crippen molar-refractivity contribution in [3.8, 4) is 0 Å². The van der Waals surface area contributed by atoms with E-state index in [0.29, 0.717) is 0 Å². The number of halogens is 1. The Kier molecular flexibility index (Phi) is 4.99. The zero-order valence-electron chi connectivity index (χ0n) is 11.3. The number of hydrogen-bond acceptors (Lipinski definition) is 2. The summed E-state index contributed by atoms with van der Waals surface area (Å²) < 4.78 is 0. The molecule has 1 aliphatic heterocycles. The van der Waals surface area contributed by atoms with E-state index in [1.54, 1.807) is 0 Å². The average Bonchev–Trinajstić information content (AvgIpc) is 2.75. The van der Waals surface area contributed by atoms with Crippen LogP contribution in [0.4, 0.5) is 0 Å². The number of hydrogen-bond donors (Lipinski definition) is 1. The number of carbonyl (C=O) groups excluding carboxylic acids is 1. The first kappa shape index (κ1) is 14.8. The summed E-state index contributed by atoms with van der Waals surface area (Å²) in [5.74, 6) is 0.148. The van der Waals surface area contributed by atoms with Crippen molar-refractivity contribution in [2.24, 2.45) is 0 Å². The van der Waals surface area contributed by atoms with Gasteiger partial charge in [0, 0.05) is 25.2 Å². The average molecular weight is 291 g/mol. The Morgan fingerprint density at radius 2 is 1.80 bits per heavy atom. The molecule has 0 unspecified atom stereocenters. The van der Waals surface area contributed by atoms with Crippen LogP contribution < -0.4 is 5.32 Å². The molecule has 2 aromatic rings. The molecule has 2 aromatic carbocycles. The van der Waals surface area contributed by atoms with E-state index in [1.165, 1.54) is 5.39 Å². The molecule has 0 saturated carbocycles. The first-order valence-electron chi connectivity index (χ1n) is 6.83. The number of carbonyl (C=O) groups is 1. The van der Waals surface area contributed by atoms with E-state index in [9.17, 15) is 4.79 Å². The SMILES string of the molecule is Cl.O=C(c1ccc2ccccc2c1)N1CCCNCC1. The summed E-state index contributed by atoms with van der Waals surface area (Å²) in [5.41, 5.74) is 0.792. The van der Waals surface area contributed by atoms with Crippen LogP contribution in [0, 0.1) is 0 Å². The number of nitrogens with one attached hydrogen (secondary N) is 1. The van der Waals surface area contributed by atoms with Crippen LogP contribution in [0.5, 0.6) is 0 Å². The van der Waals surface area contributed by atoms with Gasteiger partial charge in [-0.3, -0.25) is 4.79 Å². The third kappa shape index (κ3) is 3.11. The van der Waals surface area contributed by atoms with Gasteiger partial charge in [-0.2, -0.15) is 0 Å². The minimum Gasteiger partial charge on any atom is -0.337 e. The van der Waals surface area contributed by atoms with Crippen molar-refractivity contribution in [1.29, 1.82) is 0 Å². The van der Waals surface area contributed by atoms with Crippen LogP contribution >= 0.6 is 12.4 Å². The largest absolute Gasteiger partial charge is 0.337 e. The molecule has 1 aliphatic rings. The fourth-order valence-corrected chi connectivity index (χ4v) is 2.55. The van der Waals surface area contributed by atoms with Crippen LogP contribution in [0.3, 0.4) is 0 Å². The van der Waals surface area contributed by atoms with Crippen molar-refractivity contribution in [3.63, 3.8) is 0 Å². The second-order valence-electron chi connectivity index (χ2n) is 4.96. The van der Waals surface area contributed by atoms with Crippen molar-refractivity contribution in [3.05, 3.63) is 48.0 Å². The molecule has 1 saturated heterocycles.